The molecule has 0 heterocycles. The summed E-state index contributed by atoms with van der Waals surface area (Å²) in [4.78, 5) is 0. The lowest BCUT2D eigenvalue weighted by atomic mass is 10.1. The molecule has 12 heavy (non-hydrogen) atoms. The molecular formula is C10H12BrN. The molecule has 0 spiro atoms. The van der Waals surface area contributed by atoms with Gasteiger partial charge in [0, 0.05) is 4.47 Å². The molecule has 2 heteroatoms. The lowest BCUT2D eigenvalue weighted by Crippen LogP contribution is -2.01. The Hall–Kier alpha value is -0.340. The topological polar surface area (TPSA) is 26.0 Å². The van der Waals surface area contributed by atoms with E-state index >= 15 is 0 Å². The Kier molecular flexibility index (Phi) is 2.20. The molecule has 1 unspecified atom stereocenters. The van der Waals surface area contributed by atoms with Crippen LogP contribution in [0.15, 0.2) is 28.7 Å². The van der Waals surface area contributed by atoms with Gasteiger partial charge in [-0.3, -0.25) is 0 Å². The monoisotopic (exact) mass is 225 g/mol. The van der Waals surface area contributed by atoms with Gasteiger partial charge in [-0.2, -0.15) is 0 Å². The zero-order valence-electron chi connectivity index (χ0n) is 6.83. The predicted octanol–water partition coefficient (Wildman–Crippen LogP) is 2.51. The van der Waals surface area contributed by atoms with Gasteiger partial charge in [-0.1, -0.05) is 28.1 Å². The second kappa shape index (κ2) is 3.19. The number of hydrogen-bond acceptors (Lipinski definition) is 1. The van der Waals surface area contributed by atoms with Gasteiger partial charge < -0.3 is 5.73 Å². The summed E-state index contributed by atoms with van der Waals surface area (Å²) in [5.74, 6) is 1.46. The SMILES string of the molecule is NC[C@@H]1CC1c1cccc(Br)c1. The van der Waals surface area contributed by atoms with E-state index in [9.17, 15) is 0 Å². The molecule has 2 atom stereocenters. The van der Waals surface area contributed by atoms with Crippen molar-refractivity contribution in [2.45, 2.75) is 12.3 Å². The van der Waals surface area contributed by atoms with Crippen LogP contribution in [0.2, 0.25) is 0 Å². The molecule has 0 amide bonds. The molecule has 0 radical (unpaired) electrons. The number of hydrogen-bond donors (Lipinski definition) is 1. The van der Waals surface area contributed by atoms with Crippen molar-refractivity contribution in [3.63, 3.8) is 0 Å². The molecule has 64 valence electrons. The van der Waals surface area contributed by atoms with E-state index in [1.807, 2.05) is 0 Å². The van der Waals surface area contributed by atoms with E-state index in [2.05, 4.69) is 40.2 Å². The Morgan fingerprint density at radius 2 is 2.33 bits per heavy atom. The number of rotatable bonds is 2. The fourth-order valence-electron chi connectivity index (χ4n) is 1.65. The molecule has 1 aliphatic rings. The quantitative estimate of drug-likeness (QED) is 0.823. The first-order valence-electron chi connectivity index (χ1n) is 4.27. The summed E-state index contributed by atoms with van der Waals surface area (Å²) >= 11 is 3.47. The Bertz CT molecular complexity index is 285. The maximum atomic E-state index is 5.59. The summed E-state index contributed by atoms with van der Waals surface area (Å²) in [6, 6.07) is 8.53. The van der Waals surface area contributed by atoms with Gasteiger partial charge in [-0.15, -0.1) is 0 Å². The highest BCUT2D eigenvalue weighted by Gasteiger charge is 2.36. The van der Waals surface area contributed by atoms with Gasteiger partial charge in [0.2, 0.25) is 0 Å². The number of nitrogens with two attached hydrogens (primary N) is 1. The third-order valence-electron chi connectivity index (χ3n) is 2.50. The van der Waals surface area contributed by atoms with Crippen LogP contribution < -0.4 is 5.73 Å². The van der Waals surface area contributed by atoms with E-state index in [1.54, 1.807) is 0 Å². The molecule has 0 bridgehead atoms. The lowest BCUT2D eigenvalue weighted by molar-refractivity contribution is 0.809. The van der Waals surface area contributed by atoms with E-state index < -0.39 is 0 Å². The highest BCUT2D eigenvalue weighted by Crippen LogP contribution is 2.46. The molecule has 2 rings (SSSR count). The van der Waals surface area contributed by atoms with Crippen molar-refractivity contribution in [2.75, 3.05) is 6.54 Å². The van der Waals surface area contributed by atoms with Crippen molar-refractivity contribution in [3.8, 4) is 0 Å². The molecule has 1 fully saturated rings. The molecule has 1 nitrogen and oxygen atoms in total. The van der Waals surface area contributed by atoms with E-state index in [4.69, 9.17) is 5.73 Å². The van der Waals surface area contributed by atoms with Crippen LogP contribution in [-0.4, -0.2) is 6.54 Å². The van der Waals surface area contributed by atoms with Gasteiger partial charge in [-0.25, -0.2) is 0 Å². The Morgan fingerprint density at radius 3 is 2.92 bits per heavy atom. The van der Waals surface area contributed by atoms with Gasteiger partial charge in [0.25, 0.3) is 0 Å². The second-order valence-electron chi connectivity index (χ2n) is 3.39. The maximum absolute atomic E-state index is 5.59. The van der Waals surface area contributed by atoms with Gasteiger partial charge in [0.1, 0.15) is 0 Å². The summed E-state index contributed by atoms with van der Waals surface area (Å²) in [6.45, 7) is 0.831. The normalized spacial score (nSPS) is 27.2. The van der Waals surface area contributed by atoms with Gasteiger partial charge >= 0.3 is 0 Å². The van der Waals surface area contributed by atoms with Crippen LogP contribution in [-0.2, 0) is 0 Å². The first-order valence-corrected chi connectivity index (χ1v) is 5.06. The largest absolute Gasteiger partial charge is 0.330 e. The number of benzene rings is 1. The average Bonchev–Trinajstić information content (AvgIpc) is 2.83. The predicted molar refractivity (Wildman–Crippen MR) is 54.0 cm³/mol. The molecular weight excluding hydrogens is 214 g/mol. The van der Waals surface area contributed by atoms with Crippen LogP contribution in [0.3, 0.4) is 0 Å². The fraction of sp³-hybridized carbons (Fsp3) is 0.400. The van der Waals surface area contributed by atoms with E-state index in [0.717, 1.165) is 18.4 Å². The Morgan fingerprint density at radius 1 is 1.50 bits per heavy atom. The van der Waals surface area contributed by atoms with Crippen molar-refractivity contribution in [3.05, 3.63) is 34.3 Å². The van der Waals surface area contributed by atoms with Crippen LogP contribution in [0.1, 0.15) is 17.9 Å². The van der Waals surface area contributed by atoms with Gasteiger partial charge in [0.05, 0.1) is 0 Å². The number of halogens is 1. The van der Waals surface area contributed by atoms with Crippen molar-refractivity contribution in [1.29, 1.82) is 0 Å². The van der Waals surface area contributed by atoms with Gasteiger partial charge in [0.15, 0.2) is 0 Å². The highest BCUT2D eigenvalue weighted by atomic mass is 79.9. The summed E-state index contributed by atoms with van der Waals surface area (Å²) in [7, 11) is 0. The smallest absolute Gasteiger partial charge is 0.0178 e. The van der Waals surface area contributed by atoms with Crippen LogP contribution in [0.5, 0.6) is 0 Å². The van der Waals surface area contributed by atoms with Crippen molar-refractivity contribution >= 4 is 15.9 Å². The minimum atomic E-state index is 0.729. The highest BCUT2D eigenvalue weighted by molar-refractivity contribution is 9.10. The Labute approximate surface area is 81.1 Å². The van der Waals surface area contributed by atoms with Crippen molar-refractivity contribution < 1.29 is 0 Å². The van der Waals surface area contributed by atoms with Crippen LogP contribution in [0.25, 0.3) is 0 Å². The third kappa shape index (κ3) is 1.54. The lowest BCUT2D eigenvalue weighted by Gasteiger charge is -1.98. The molecule has 2 N–H and O–H groups in total. The van der Waals surface area contributed by atoms with Crippen molar-refractivity contribution in [1.82, 2.24) is 0 Å². The first kappa shape index (κ1) is 8.27. The zero-order valence-corrected chi connectivity index (χ0v) is 8.42. The maximum Gasteiger partial charge on any atom is 0.0178 e. The molecule has 0 saturated heterocycles. The standard InChI is InChI=1S/C10H12BrN/c11-9-3-1-2-7(4-9)10-5-8(10)6-12/h1-4,8,10H,5-6,12H2/t8-,10?/m0/s1. The van der Waals surface area contributed by atoms with Gasteiger partial charge in [-0.05, 0) is 42.5 Å². The summed E-state index contributed by atoms with van der Waals surface area (Å²) in [6.07, 6.45) is 1.27. The minimum Gasteiger partial charge on any atom is -0.330 e. The van der Waals surface area contributed by atoms with E-state index in [1.165, 1.54) is 16.5 Å². The first-order chi connectivity index (χ1) is 5.81. The summed E-state index contributed by atoms with van der Waals surface area (Å²) in [5, 5.41) is 0. The van der Waals surface area contributed by atoms with Crippen LogP contribution in [0, 0.1) is 5.92 Å². The molecule has 1 saturated carbocycles. The van der Waals surface area contributed by atoms with Crippen LogP contribution in [0.4, 0.5) is 0 Å². The molecule has 1 aliphatic carbocycles. The average molecular weight is 226 g/mol. The zero-order chi connectivity index (χ0) is 8.55. The molecule has 1 aromatic rings. The van der Waals surface area contributed by atoms with Crippen LogP contribution >= 0.6 is 15.9 Å². The molecule has 0 aromatic heterocycles. The van der Waals surface area contributed by atoms with Crippen molar-refractivity contribution in [2.24, 2.45) is 11.7 Å². The second-order valence-corrected chi connectivity index (χ2v) is 4.31. The third-order valence-corrected chi connectivity index (χ3v) is 3.00. The minimum absolute atomic E-state index is 0.729. The fourth-order valence-corrected chi connectivity index (χ4v) is 2.07. The summed E-state index contributed by atoms with van der Waals surface area (Å²) < 4.78 is 1.17. The molecule has 0 aliphatic heterocycles. The summed E-state index contributed by atoms with van der Waals surface area (Å²) in [5.41, 5.74) is 7.02. The van der Waals surface area contributed by atoms with E-state index in [-0.39, 0.29) is 0 Å². The van der Waals surface area contributed by atoms with E-state index in [0.29, 0.717) is 0 Å². The Balaban J connectivity index is 2.14. The molecule has 1 aromatic carbocycles.